The van der Waals surface area contributed by atoms with Crippen LogP contribution in [-0.2, 0) is 6.42 Å². The Kier molecular flexibility index (Phi) is 5.92. The normalized spacial score (nSPS) is 17.0. The maximum Gasteiger partial charge on any atom is 0.229 e. The van der Waals surface area contributed by atoms with Crippen LogP contribution in [0.15, 0.2) is 18.2 Å². The molecule has 0 amide bonds. The van der Waals surface area contributed by atoms with E-state index in [9.17, 15) is 0 Å². The van der Waals surface area contributed by atoms with Crippen LogP contribution in [0.1, 0.15) is 36.1 Å². The Morgan fingerprint density at radius 3 is 2.86 bits per heavy atom. The largest absolute Gasteiger partial charge is 0.493 e. The molecule has 1 aromatic carbocycles. The molecular weight excluding hydrogens is 386 g/mol. The van der Waals surface area contributed by atoms with Gasteiger partial charge in [-0.2, -0.15) is 4.98 Å². The van der Waals surface area contributed by atoms with Gasteiger partial charge in [0.15, 0.2) is 0 Å². The highest BCUT2D eigenvalue weighted by Gasteiger charge is 2.24. The Balaban J connectivity index is 1.78. The van der Waals surface area contributed by atoms with Crippen molar-refractivity contribution < 1.29 is 4.74 Å². The fourth-order valence-corrected chi connectivity index (χ4v) is 4.27. The summed E-state index contributed by atoms with van der Waals surface area (Å²) < 4.78 is 6.11. The van der Waals surface area contributed by atoms with Gasteiger partial charge in [-0.15, -0.1) is 0 Å². The molecule has 154 valence electrons. The minimum absolute atomic E-state index is 0.536. The van der Waals surface area contributed by atoms with E-state index in [0.717, 1.165) is 73.9 Å². The summed E-state index contributed by atoms with van der Waals surface area (Å²) in [5, 5.41) is 7.11. The standard InChI is InChI=1S/C22H28ClN5O/c1-14-12-18(24-2)27-22(25-14)26-17-13-16-7-5-11-29-21(16)19(20(17)23)15-6-4-9-28(3)10-8-15/h8,12-13H,4-7,9-11H2,1-3H3,(H2,24,25,26,27). The second-order valence-corrected chi connectivity index (χ2v) is 8.12. The van der Waals surface area contributed by atoms with Crippen molar-refractivity contribution in [3.8, 4) is 5.75 Å². The van der Waals surface area contributed by atoms with E-state index >= 15 is 0 Å². The molecule has 3 heterocycles. The average molecular weight is 414 g/mol. The van der Waals surface area contributed by atoms with E-state index in [4.69, 9.17) is 16.3 Å². The van der Waals surface area contributed by atoms with Crippen LogP contribution >= 0.6 is 11.6 Å². The number of likely N-dealkylation sites (N-methyl/N-ethyl adjacent to an activating group) is 1. The molecule has 2 N–H and O–H groups in total. The molecule has 6 nitrogen and oxygen atoms in total. The molecule has 0 saturated carbocycles. The van der Waals surface area contributed by atoms with Gasteiger partial charge in [0.25, 0.3) is 0 Å². The van der Waals surface area contributed by atoms with Crippen molar-refractivity contribution in [2.75, 3.05) is 44.4 Å². The molecule has 0 saturated heterocycles. The molecule has 1 aromatic heterocycles. The Morgan fingerprint density at radius 2 is 2.03 bits per heavy atom. The maximum atomic E-state index is 6.96. The third-order valence-electron chi connectivity index (χ3n) is 5.44. The van der Waals surface area contributed by atoms with Crippen molar-refractivity contribution >= 4 is 34.6 Å². The van der Waals surface area contributed by atoms with Crippen molar-refractivity contribution in [3.63, 3.8) is 0 Å². The number of hydrogen-bond donors (Lipinski definition) is 2. The lowest BCUT2D eigenvalue weighted by Crippen LogP contribution is -2.17. The molecule has 2 aliphatic heterocycles. The molecular formula is C22H28ClN5O. The van der Waals surface area contributed by atoms with Gasteiger partial charge in [0.05, 0.1) is 17.3 Å². The number of nitrogens with zero attached hydrogens (tertiary/aromatic N) is 3. The lowest BCUT2D eigenvalue weighted by molar-refractivity contribution is 0.287. The van der Waals surface area contributed by atoms with Crippen LogP contribution in [-0.4, -0.2) is 48.7 Å². The second kappa shape index (κ2) is 8.59. The molecule has 0 atom stereocenters. The van der Waals surface area contributed by atoms with Crippen LogP contribution < -0.4 is 15.4 Å². The molecule has 0 fully saturated rings. The molecule has 0 aliphatic carbocycles. The van der Waals surface area contributed by atoms with Crippen LogP contribution in [0.4, 0.5) is 17.5 Å². The molecule has 4 rings (SSSR count). The molecule has 0 unspecified atom stereocenters. The van der Waals surface area contributed by atoms with Crippen LogP contribution in [0.5, 0.6) is 5.75 Å². The Bertz CT molecular complexity index is 943. The maximum absolute atomic E-state index is 6.96. The molecule has 0 bridgehead atoms. The average Bonchev–Trinajstić information content (AvgIpc) is 2.92. The van der Waals surface area contributed by atoms with Crippen molar-refractivity contribution in [1.29, 1.82) is 0 Å². The third kappa shape index (κ3) is 4.33. The highest BCUT2D eigenvalue weighted by molar-refractivity contribution is 6.35. The summed E-state index contributed by atoms with van der Waals surface area (Å²) in [6.45, 7) is 4.70. The van der Waals surface area contributed by atoms with Crippen molar-refractivity contribution in [2.45, 2.75) is 32.6 Å². The van der Waals surface area contributed by atoms with E-state index in [-0.39, 0.29) is 0 Å². The first-order chi connectivity index (χ1) is 14.0. The summed E-state index contributed by atoms with van der Waals surface area (Å²) in [5.74, 6) is 2.25. The quantitative estimate of drug-likeness (QED) is 0.760. The first-order valence-corrected chi connectivity index (χ1v) is 10.6. The second-order valence-electron chi connectivity index (χ2n) is 7.74. The van der Waals surface area contributed by atoms with Gasteiger partial charge in [0.1, 0.15) is 11.6 Å². The predicted molar refractivity (Wildman–Crippen MR) is 120 cm³/mol. The summed E-state index contributed by atoms with van der Waals surface area (Å²) in [6.07, 6.45) is 6.39. The zero-order chi connectivity index (χ0) is 20.4. The number of allylic oxidation sites excluding steroid dienone is 1. The Hall–Kier alpha value is -2.31. The molecule has 7 heteroatoms. The van der Waals surface area contributed by atoms with E-state index in [1.165, 1.54) is 11.1 Å². The number of aryl methyl sites for hydroxylation is 2. The van der Waals surface area contributed by atoms with Gasteiger partial charge in [-0.05, 0) is 63.4 Å². The minimum atomic E-state index is 0.536. The van der Waals surface area contributed by atoms with Gasteiger partial charge in [-0.3, -0.25) is 0 Å². The van der Waals surface area contributed by atoms with Gasteiger partial charge in [0, 0.05) is 30.9 Å². The SMILES string of the molecule is CNc1cc(C)nc(Nc2cc3c(c(C4=CCN(C)CCC4)c2Cl)OCCC3)n1. The number of halogens is 1. The topological polar surface area (TPSA) is 62.3 Å². The van der Waals surface area contributed by atoms with Gasteiger partial charge in [-0.1, -0.05) is 17.7 Å². The first-order valence-electron chi connectivity index (χ1n) is 10.2. The Morgan fingerprint density at radius 1 is 1.17 bits per heavy atom. The van der Waals surface area contributed by atoms with Crippen LogP contribution in [0.2, 0.25) is 5.02 Å². The predicted octanol–water partition coefficient (Wildman–Crippen LogP) is 4.66. The van der Waals surface area contributed by atoms with E-state index in [1.807, 2.05) is 20.0 Å². The number of anilines is 3. The van der Waals surface area contributed by atoms with Crippen LogP contribution in [0, 0.1) is 6.92 Å². The fraction of sp³-hybridized carbons (Fsp3) is 0.455. The summed E-state index contributed by atoms with van der Waals surface area (Å²) in [6, 6.07) is 4.00. The molecule has 0 radical (unpaired) electrons. The van der Waals surface area contributed by atoms with E-state index in [0.29, 0.717) is 11.0 Å². The van der Waals surface area contributed by atoms with Crippen molar-refractivity contribution in [3.05, 3.63) is 40.1 Å². The molecule has 2 aliphatic rings. The summed E-state index contributed by atoms with van der Waals surface area (Å²) in [4.78, 5) is 11.4. The van der Waals surface area contributed by atoms with E-state index < -0.39 is 0 Å². The Labute approximate surface area is 177 Å². The van der Waals surface area contributed by atoms with Gasteiger partial charge < -0.3 is 20.3 Å². The lowest BCUT2D eigenvalue weighted by atomic mass is 9.94. The van der Waals surface area contributed by atoms with E-state index in [1.54, 1.807) is 0 Å². The summed E-state index contributed by atoms with van der Waals surface area (Å²) in [5.41, 5.74) is 5.21. The summed E-state index contributed by atoms with van der Waals surface area (Å²) >= 11 is 6.96. The zero-order valence-electron chi connectivity index (χ0n) is 17.3. The number of nitrogens with one attached hydrogen (secondary N) is 2. The van der Waals surface area contributed by atoms with Gasteiger partial charge in [-0.25, -0.2) is 4.98 Å². The van der Waals surface area contributed by atoms with Gasteiger partial charge in [0.2, 0.25) is 5.95 Å². The molecule has 29 heavy (non-hydrogen) atoms. The number of aromatic nitrogens is 2. The van der Waals surface area contributed by atoms with Crippen molar-refractivity contribution in [2.24, 2.45) is 0 Å². The monoisotopic (exact) mass is 413 g/mol. The zero-order valence-corrected chi connectivity index (χ0v) is 18.1. The number of ether oxygens (including phenoxy) is 1. The van der Waals surface area contributed by atoms with Gasteiger partial charge >= 0.3 is 0 Å². The van der Waals surface area contributed by atoms with Crippen LogP contribution in [0.25, 0.3) is 5.57 Å². The minimum Gasteiger partial charge on any atom is -0.493 e. The smallest absolute Gasteiger partial charge is 0.229 e. The first kappa shape index (κ1) is 20.0. The highest BCUT2D eigenvalue weighted by atomic mass is 35.5. The number of fused-ring (bicyclic) bond motifs is 1. The fourth-order valence-electron chi connectivity index (χ4n) is 3.96. The lowest BCUT2D eigenvalue weighted by Gasteiger charge is -2.25. The van der Waals surface area contributed by atoms with Crippen molar-refractivity contribution in [1.82, 2.24) is 14.9 Å². The van der Waals surface area contributed by atoms with Crippen LogP contribution in [0.3, 0.4) is 0 Å². The molecule has 0 spiro atoms. The third-order valence-corrected chi connectivity index (χ3v) is 5.84. The molecule has 2 aromatic rings. The summed E-state index contributed by atoms with van der Waals surface area (Å²) in [7, 11) is 4.00. The highest BCUT2D eigenvalue weighted by Crippen LogP contribution is 2.45. The number of benzene rings is 1. The van der Waals surface area contributed by atoms with E-state index in [2.05, 4.69) is 44.7 Å². The number of rotatable bonds is 4. The number of hydrogen-bond acceptors (Lipinski definition) is 6.